The van der Waals surface area contributed by atoms with Crippen molar-refractivity contribution in [2.75, 3.05) is 13.7 Å². The molecule has 6 aromatic rings. The van der Waals surface area contributed by atoms with E-state index in [2.05, 4.69) is 24.2 Å². The van der Waals surface area contributed by atoms with Crippen LogP contribution in [0.4, 0.5) is 0 Å². The molecule has 0 unspecified atom stereocenters. The van der Waals surface area contributed by atoms with Crippen LogP contribution in [-0.4, -0.2) is 29.6 Å². The van der Waals surface area contributed by atoms with E-state index in [1.165, 1.54) is 10.2 Å². The van der Waals surface area contributed by atoms with Crippen molar-refractivity contribution >= 4 is 28.1 Å². The number of methoxy groups -OCH3 is 1. The zero-order valence-electron chi connectivity index (χ0n) is 23.5. The quantitative estimate of drug-likeness (QED) is 0.178. The monoisotopic (exact) mass is 559 g/mol. The summed E-state index contributed by atoms with van der Waals surface area (Å²) in [6.45, 7) is 4.85. The number of fused-ring (bicyclic) bond motifs is 2. The second-order valence-electron chi connectivity index (χ2n) is 9.71. The molecule has 8 heteroatoms. The molecule has 0 atom stereocenters. The lowest BCUT2D eigenvalue weighted by Gasteiger charge is -2.13. The first-order valence-corrected chi connectivity index (χ1v) is 13.6. The smallest absolute Gasteiger partial charge is 0.282 e. The Morgan fingerprint density at radius 1 is 0.881 bits per heavy atom. The van der Waals surface area contributed by atoms with Crippen LogP contribution in [0.3, 0.4) is 0 Å². The molecule has 0 radical (unpaired) electrons. The summed E-state index contributed by atoms with van der Waals surface area (Å²) in [4.78, 5) is 18.4. The average molecular weight is 560 g/mol. The number of rotatable bonds is 9. The SMILES string of the molecule is CCOc1cc(C=Nn2c(-c3cc4c(OC)cccc4o3)nc3ccccc3c2=O)ccc1OCc1cccc(C)c1. The first kappa shape index (κ1) is 26.8. The standard InChI is InChI=1S/C34H29N3O5/c1-4-40-31-18-23(15-16-30(31)41-21-24-10-7-9-22(2)17-24)20-35-37-33(36-27-12-6-5-11-25(27)34(37)38)32-19-26-28(39-3)13-8-14-29(26)42-32/h5-20H,4,21H2,1-3H3. The summed E-state index contributed by atoms with van der Waals surface area (Å²) in [5.74, 6) is 2.54. The normalized spacial score (nSPS) is 11.4. The molecule has 0 aliphatic carbocycles. The highest BCUT2D eigenvalue weighted by Gasteiger charge is 2.18. The Kier molecular flexibility index (Phi) is 7.43. The number of aryl methyl sites for hydroxylation is 1. The zero-order valence-corrected chi connectivity index (χ0v) is 23.5. The van der Waals surface area contributed by atoms with Crippen LogP contribution >= 0.6 is 0 Å². The van der Waals surface area contributed by atoms with Gasteiger partial charge in [-0.25, -0.2) is 4.98 Å². The van der Waals surface area contributed by atoms with Gasteiger partial charge in [-0.15, -0.1) is 0 Å². The molecule has 2 heterocycles. The van der Waals surface area contributed by atoms with E-state index in [0.717, 1.165) is 16.5 Å². The van der Waals surface area contributed by atoms with Crippen molar-refractivity contribution in [2.24, 2.45) is 5.10 Å². The minimum Gasteiger partial charge on any atom is -0.496 e. The first-order chi connectivity index (χ1) is 20.5. The molecule has 8 nitrogen and oxygen atoms in total. The minimum absolute atomic E-state index is 0.274. The van der Waals surface area contributed by atoms with Gasteiger partial charge in [0.15, 0.2) is 17.3 Å². The lowest BCUT2D eigenvalue weighted by Crippen LogP contribution is -2.20. The van der Waals surface area contributed by atoms with Crippen LogP contribution in [0.1, 0.15) is 23.6 Å². The van der Waals surface area contributed by atoms with Crippen molar-refractivity contribution < 1.29 is 18.6 Å². The highest BCUT2D eigenvalue weighted by atomic mass is 16.5. The van der Waals surface area contributed by atoms with Gasteiger partial charge in [0, 0.05) is 0 Å². The fraction of sp³-hybridized carbons (Fsp3) is 0.147. The van der Waals surface area contributed by atoms with Crippen molar-refractivity contribution in [2.45, 2.75) is 20.5 Å². The lowest BCUT2D eigenvalue weighted by atomic mass is 10.1. The summed E-state index contributed by atoms with van der Waals surface area (Å²) in [7, 11) is 1.60. The maximum atomic E-state index is 13.6. The molecule has 0 bridgehead atoms. The Labute approximate surface area is 242 Å². The van der Waals surface area contributed by atoms with Crippen LogP contribution in [-0.2, 0) is 6.61 Å². The summed E-state index contributed by atoms with van der Waals surface area (Å²) in [5.41, 5.74) is 3.81. The summed E-state index contributed by atoms with van der Waals surface area (Å²) in [6, 6.07) is 28.2. The van der Waals surface area contributed by atoms with Gasteiger partial charge >= 0.3 is 0 Å². The second kappa shape index (κ2) is 11.6. The number of para-hydroxylation sites is 1. The minimum atomic E-state index is -0.317. The Bertz CT molecular complexity index is 1990. The van der Waals surface area contributed by atoms with E-state index in [1.807, 2.05) is 67.6 Å². The van der Waals surface area contributed by atoms with E-state index in [0.29, 0.717) is 52.7 Å². The molecule has 6 rings (SSSR count). The van der Waals surface area contributed by atoms with Gasteiger partial charge in [0.2, 0.25) is 5.82 Å². The molecule has 0 fully saturated rings. The van der Waals surface area contributed by atoms with Crippen LogP contribution < -0.4 is 19.8 Å². The van der Waals surface area contributed by atoms with Gasteiger partial charge in [-0.1, -0.05) is 48.0 Å². The van der Waals surface area contributed by atoms with E-state index < -0.39 is 0 Å². The number of hydrogen-bond donors (Lipinski definition) is 0. The van der Waals surface area contributed by atoms with Gasteiger partial charge in [-0.2, -0.15) is 9.78 Å². The molecule has 4 aromatic carbocycles. The van der Waals surface area contributed by atoms with Crippen LogP contribution in [0.5, 0.6) is 17.2 Å². The topological polar surface area (TPSA) is 88.1 Å². The lowest BCUT2D eigenvalue weighted by molar-refractivity contribution is 0.269. The van der Waals surface area contributed by atoms with E-state index in [9.17, 15) is 4.79 Å². The van der Waals surface area contributed by atoms with Crippen molar-refractivity contribution in [1.82, 2.24) is 9.66 Å². The molecule has 42 heavy (non-hydrogen) atoms. The largest absolute Gasteiger partial charge is 0.496 e. The third-order valence-electron chi connectivity index (χ3n) is 6.78. The van der Waals surface area contributed by atoms with Gasteiger partial charge in [-0.3, -0.25) is 4.79 Å². The van der Waals surface area contributed by atoms with E-state index in [1.54, 1.807) is 31.5 Å². The fourth-order valence-electron chi connectivity index (χ4n) is 4.79. The number of ether oxygens (including phenoxy) is 3. The van der Waals surface area contributed by atoms with Crippen LogP contribution in [0.15, 0.2) is 105 Å². The molecule has 0 spiro atoms. The number of benzene rings is 4. The average Bonchev–Trinajstić information content (AvgIpc) is 3.45. The summed E-state index contributed by atoms with van der Waals surface area (Å²) >= 11 is 0. The van der Waals surface area contributed by atoms with Gasteiger partial charge in [-0.05, 0) is 73.5 Å². The first-order valence-electron chi connectivity index (χ1n) is 13.6. The van der Waals surface area contributed by atoms with Crippen molar-refractivity contribution in [3.63, 3.8) is 0 Å². The predicted octanol–water partition coefficient (Wildman–Crippen LogP) is 6.99. The summed E-state index contributed by atoms with van der Waals surface area (Å²) < 4.78 is 24.8. The Hall–Kier alpha value is -5.37. The predicted molar refractivity (Wildman–Crippen MR) is 164 cm³/mol. The third-order valence-corrected chi connectivity index (χ3v) is 6.78. The van der Waals surface area contributed by atoms with E-state index in [-0.39, 0.29) is 11.4 Å². The molecular weight excluding hydrogens is 530 g/mol. The number of furan rings is 1. The van der Waals surface area contributed by atoms with Crippen molar-refractivity contribution in [1.29, 1.82) is 0 Å². The Morgan fingerprint density at radius 2 is 1.74 bits per heavy atom. The molecular formula is C34H29N3O5. The molecule has 0 saturated carbocycles. The fourth-order valence-corrected chi connectivity index (χ4v) is 4.79. The zero-order chi connectivity index (χ0) is 29.1. The molecule has 0 amide bonds. The van der Waals surface area contributed by atoms with Gasteiger partial charge < -0.3 is 18.6 Å². The van der Waals surface area contributed by atoms with Crippen molar-refractivity contribution in [3.8, 4) is 28.8 Å². The van der Waals surface area contributed by atoms with Crippen LogP contribution in [0, 0.1) is 6.92 Å². The molecule has 2 aromatic heterocycles. The number of aromatic nitrogens is 2. The van der Waals surface area contributed by atoms with Gasteiger partial charge in [0.1, 0.15) is 17.9 Å². The van der Waals surface area contributed by atoms with Crippen molar-refractivity contribution in [3.05, 3.63) is 118 Å². The number of hydrogen-bond acceptors (Lipinski definition) is 7. The molecule has 0 N–H and O–H groups in total. The van der Waals surface area contributed by atoms with Crippen LogP contribution in [0.25, 0.3) is 33.5 Å². The molecule has 0 aliphatic heterocycles. The van der Waals surface area contributed by atoms with Crippen LogP contribution in [0.2, 0.25) is 0 Å². The molecule has 210 valence electrons. The maximum Gasteiger partial charge on any atom is 0.282 e. The molecule has 0 aliphatic rings. The van der Waals surface area contributed by atoms with E-state index in [4.69, 9.17) is 23.6 Å². The third kappa shape index (κ3) is 5.34. The second-order valence-corrected chi connectivity index (χ2v) is 9.71. The maximum absolute atomic E-state index is 13.6. The summed E-state index contributed by atoms with van der Waals surface area (Å²) in [5, 5.41) is 5.80. The Morgan fingerprint density at radius 3 is 2.57 bits per heavy atom. The van der Waals surface area contributed by atoms with Gasteiger partial charge in [0.25, 0.3) is 5.56 Å². The van der Waals surface area contributed by atoms with E-state index >= 15 is 0 Å². The summed E-state index contributed by atoms with van der Waals surface area (Å²) in [6.07, 6.45) is 1.59. The van der Waals surface area contributed by atoms with Gasteiger partial charge in [0.05, 0.1) is 36.2 Å². The number of nitrogens with zero attached hydrogens (tertiary/aromatic N) is 3. The Balaban J connectivity index is 1.39. The highest BCUT2D eigenvalue weighted by molar-refractivity contribution is 5.88. The molecule has 0 saturated heterocycles. The highest BCUT2D eigenvalue weighted by Crippen LogP contribution is 2.33.